The summed E-state index contributed by atoms with van der Waals surface area (Å²) in [4.78, 5) is 26.0. The summed E-state index contributed by atoms with van der Waals surface area (Å²) in [6, 6.07) is 2.80. The van der Waals surface area contributed by atoms with Crippen molar-refractivity contribution in [2.45, 2.75) is 19.9 Å². The summed E-state index contributed by atoms with van der Waals surface area (Å²) >= 11 is 0. The molecule has 0 aliphatic rings. The second-order valence-electron chi connectivity index (χ2n) is 4.81. The monoisotopic (exact) mass is 321 g/mol. The molecule has 122 valence electrons. The van der Waals surface area contributed by atoms with Gasteiger partial charge in [-0.1, -0.05) is 0 Å². The molecule has 0 aromatic carbocycles. The standard InChI is InChI=1S/C14H16FN5O3/c1-9-11(2-3-12(15)18-9)16-5-4-13(21)19-10-6-17-20(7-10)8-14(22)23/h2-3,6-7,16H,4-5,8H2,1H3,(H,19,21)(H,22,23). The van der Waals surface area contributed by atoms with E-state index in [9.17, 15) is 14.0 Å². The second kappa shape index (κ2) is 7.34. The van der Waals surface area contributed by atoms with Crippen molar-refractivity contribution in [2.75, 3.05) is 17.2 Å². The van der Waals surface area contributed by atoms with Gasteiger partial charge in [0.05, 0.1) is 23.3 Å². The molecule has 0 aliphatic heterocycles. The third-order valence-electron chi connectivity index (χ3n) is 2.93. The Morgan fingerprint density at radius 3 is 2.87 bits per heavy atom. The lowest BCUT2D eigenvalue weighted by Gasteiger charge is -2.08. The SMILES string of the molecule is Cc1nc(F)ccc1NCCC(=O)Nc1cnn(CC(=O)O)c1. The van der Waals surface area contributed by atoms with Crippen molar-refractivity contribution in [3.05, 3.63) is 36.2 Å². The normalized spacial score (nSPS) is 10.3. The zero-order valence-electron chi connectivity index (χ0n) is 12.4. The van der Waals surface area contributed by atoms with Crippen molar-refractivity contribution in [2.24, 2.45) is 0 Å². The number of pyridine rings is 1. The summed E-state index contributed by atoms with van der Waals surface area (Å²) in [5.74, 6) is -1.82. The largest absolute Gasteiger partial charge is 0.480 e. The molecule has 0 atom stereocenters. The van der Waals surface area contributed by atoms with Crippen LogP contribution in [0.3, 0.4) is 0 Å². The Morgan fingerprint density at radius 1 is 1.39 bits per heavy atom. The third-order valence-corrected chi connectivity index (χ3v) is 2.93. The number of carbonyl (C=O) groups is 2. The molecule has 9 heteroatoms. The Kier molecular flexibility index (Phi) is 5.23. The van der Waals surface area contributed by atoms with Gasteiger partial charge in [-0.05, 0) is 19.1 Å². The lowest BCUT2D eigenvalue weighted by atomic mass is 10.3. The maximum absolute atomic E-state index is 12.9. The Balaban J connectivity index is 1.78. The van der Waals surface area contributed by atoms with Crippen LogP contribution in [0.15, 0.2) is 24.5 Å². The van der Waals surface area contributed by atoms with Crippen LogP contribution in [0.25, 0.3) is 0 Å². The van der Waals surface area contributed by atoms with E-state index in [0.717, 1.165) is 0 Å². The predicted octanol–water partition coefficient (Wildman–Crippen LogP) is 1.25. The van der Waals surface area contributed by atoms with Gasteiger partial charge in [-0.3, -0.25) is 14.3 Å². The van der Waals surface area contributed by atoms with E-state index >= 15 is 0 Å². The minimum absolute atomic E-state index is 0.181. The van der Waals surface area contributed by atoms with Gasteiger partial charge in [0, 0.05) is 19.2 Å². The molecule has 0 saturated carbocycles. The first-order chi connectivity index (χ1) is 10.9. The average Bonchev–Trinajstić information content (AvgIpc) is 2.87. The zero-order valence-corrected chi connectivity index (χ0v) is 12.4. The molecule has 2 heterocycles. The van der Waals surface area contributed by atoms with Crippen LogP contribution in [0.5, 0.6) is 0 Å². The number of halogens is 1. The van der Waals surface area contributed by atoms with Gasteiger partial charge in [-0.2, -0.15) is 9.49 Å². The van der Waals surface area contributed by atoms with Gasteiger partial charge in [0.15, 0.2) is 0 Å². The molecule has 2 aromatic heterocycles. The number of aryl methyl sites for hydroxylation is 1. The quantitative estimate of drug-likeness (QED) is 0.662. The Hall–Kier alpha value is -2.97. The Morgan fingerprint density at radius 2 is 2.17 bits per heavy atom. The number of aliphatic carboxylic acids is 1. The number of nitrogens with one attached hydrogen (secondary N) is 2. The van der Waals surface area contributed by atoms with Crippen molar-refractivity contribution >= 4 is 23.3 Å². The number of hydrogen-bond donors (Lipinski definition) is 3. The van der Waals surface area contributed by atoms with Gasteiger partial charge >= 0.3 is 5.97 Å². The highest BCUT2D eigenvalue weighted by Crippen LogP contribution is 2.12. The topological polar surface area (TPSA) is 109 Å². The van der Waals surface area contributed by atoms with Crippen molar-refractivity contribution < 1.29 is 19.1 Å². The van der Waals surface area contributed by atoms with Crippen LogP contribution < -0.4 is 10.6 Å². The number of aromatic nitrogens is 3. The number of carboxylic acid groups (broad SMARTS) is 1. The number of rotatable bonds is 7. The van der Waals surface area contributed by atoms with E-state index in [1.807, 2.05) is 0 Å². The summed E-state index contributed by atoms with van der Waals surface area (Å²) in [5.41, 5.74) is 1.60. The second-order valence-corrected chi connectivity index (χ2v) is 4.81. The van der Waals surface area contributed by atoms with Crippen LogP contribution in [0.2, 0.25) is 0 Å². The molecule has 3 N–H and O–H groups in total. The van der Waals surface area contributed by atoms with Crippen molar-refractivity contribution in [3.63, 3.8) is 0 Å². The number of carbonyl (C=O) groups excluding carboxylic acids is 1. The van der Waals surface area contributed by atoms with E-state index in [1.165, 1.54) is 23.1 Å². The zero-order chi connectivity index (χ0) is 16.8. The number of nitrogens with zero attached hydrogens (tertiary/aromatic N) is 3. The predicted molar refractivity (Wildman–Crippen MR) is 80.5 cm³/mol. The van der Waals surface area contributed by atoms with Gasteiger partial charge in [0.2, 0.25) is 11.9 Å². The lowest BCUT2D eigenvalue weighted by Crippen LogP contribution is -2.16. The number of anilines is 2. The van der Waals surface area contributed by atoms with E-state index in [-0.39, 0.29) is 18.9 Å². The van der Waals surface area contributed by atoms with Gasteiger partial charge in [-0.15, -0.1) is 0 Å². The molecule has 1 amide bonds. The number of carboxylic acids is 1. The Bertz CT molecular complexity index is 716. The lowest BCUT2D eigenvalue weighted by molar-refractivity contribution is -0.137. The smallest absolute Gasteiger partial charge is 0.325 e. The van der Waals surface area contributed by atoms with Gasteiger partial charge in [-0.25, -0.2) is 4.98 Å². The highest BCUT2D eigenvalue weighted by Gasteiger charge is 2.07. The van der Waals surface area contributed by atoms with Crippen LogP contribution in [0.1, 0.15) is 12.1 Å². The molecule has 0 saturated heterocycles. The van der Waals surface area contributed by atoms with E-state index < -0.39 is 11.9 Å². The summed E-state index contributed by atoms with van der Waals surface area (Å²) < 4.78 is 14.1. The minimum atomic E-state index is -1.02. The third kappa shape index (κ3) is 5.06. The molecule has 2 rings (SSSR count). The summed E-state index contributed by atoms with van der Waals surface area (Å²) in [7, 11) is 0. The molecule has 8 nitrogen and oxygen atoms in total. The van der Waals surface area contributed by atoms with E-state index in [1.54, 1.807) is 13.0 Å². The molecule has 2 aromatic rings. The molecule has 0 radical (unpaired) electrons. The minimum Gasteiger partial charge on any atom is -0.480 e. The number of amides is 1. The first-order valence-corrected chi connectivity index (χ1v) is 6.85. The first kappa shape index (κ1) is 16.4. The fraction of sp³-hybridized carbons (Fsp3) is 0.286. The molecule has 0 unspecified atom stereocenters. The van der Waals surface area contributed by atoms with Crippen LogP contribution in [-0.4, -0.2) is 38.3 Å². The fourth-order valence-corrected chi connectivity index (χ4v) is 1.90. The fourth-order valence-electron chi connectivity index (χ4n) is 1.90. The maximum Gasteiger partial charge on any atom is 0.325 e. The molecule has 0 fully saturated rings. The summed E-state index contributed by atoms with van der Waals surface area (Å²) in [6.45, 7) is 1.75. The molecule has 0 spiro atoms. The van der Waals surface area contributed by atoms with Gasteiger partial charge in [0.1, 0.15) is 6.54 Å². The van der Waals surface area contributed by atoms with Crippen molar-refractivity contribution in [1.82, 2.24) is 14.8 Å². The molecule has 23 heavy (non-hydrogen) atoms. The highest BCUT2D eigenvalue weighted by molar-refractivity contribution is 5.90. The van der Waals surface area contributed by atoms with Crippen LogP contribution in [0.4, 0.5) is 15.8 Å². The molecule has 0 aliphatic carbocycles. The van der Waals surface area contributed by atoms with Crippen molar-refractivity contribution in [1.29, 1.82) is 0 Å². The van der Waals surface area contributed by atoms with Gasteiger partial charge < -0.3 is 15.7 Å². The first-order valence-electron chi connectivity index (χ1n) is 6.85. The van der Waals surface area contributed by atoms with Gasteiger partial charge in [0.25, 0.3) is 0 Å². The van der Waals surface area contributed by atoms with Crippen LogP contribution in [-0.2, 0) is 16.1 Å². The molecular weight excluding hydrogens is 305 g/mol. The summed E-state index contributed by atoms with van der Waals surface area (Å²) in [6.07, 6.45) is 3.00. The number of hydrogen-bond acceptors (Lipinski definition) is 5. The maximum atomic E-state index is 12.9. The molecule has 0 bridgehead atoms. The van der Waals surface area contributed by atoms with Crippen LogP contribution >= 0.6 is 0 Å². The van der Waals surface area contributed by atoms with Crippen LogP contribution in [0, 0.1) is 12.9 Å². The highest BCUT2D eigenvalue weighted by atomic mass is 19.1. The molecular formula is C14H16FN5O3. The van der Waals surface area contributed by atoms with E-state index in [2.05, 4.69) is 20.7 Å². The van der Waals surface area contributed by atoms with Crippen molar-refractivity contribution in [3.8, 4) is 0 Å². The summed E-state index contributed by atoms with van der Waals surface area (Å²) in [5, 5.41) is 18.1. The average molecular weight is 321 g/mol. The van der Waals surface area contributed by atoms with E-state index in [0.29, 0.717) is 23.6 Å². The Labute approximate surface area is 131 Å². The van der Waals surface area contributed by atoms with E-state index in [4.69, 9.17) is 5.11 Å².